The van der Waals surface area contributed by atoms with E-state index >= 15 is 0 Å². The van der Waals surface area contributed by atoms with E-state index in [9.17, 15) is 0 Å². The molecule has 0 amide bonds. The topological polar surface area (TPSA) is 12.0 Å². The van der Waals surface area contributed by atoms with E-state index < -0.39 is 0 Å². The Morgan fingerprint density at radius 1 is 1.38 bits per heavy atom. The molecule has 90 valence electrons. The highest BCUT2D eigenvalue weighted by Gasteiger charge is 2.25. The van der Waals surface area contributed by atoms with Crippen LogP contribution in [0, 0.1) is 5.92 Å². The molecule has 16 heavy (non-hydrogen) atoms. The Kier molecular flexibility index (Phi) is 4.54. The van der Waals surface area contributed by atoms with Gasteiger partial charge in [-0.3, -0.25) is 0 Å². The SMILES string of the molecule is CN[C@H](C)[C@H]1CCCCCC2=C1SCC=C2. The van der Waals surface area contributed by atoms with Gasteiger partial charge >= 0.3 is 0 Å². The van der Waals surface area contributed by atoms with Crippen molar-refractivity contribution >= 4 is 11.8 Å². The zero-order chi connectivity index (χ0) is 11.4. The average Bonchev–Trinajstić information content (AvgIpc) is 2.29. The van der Waals surface area contributed by atoms with Crippen molar-refractivity contribution in [3.8, 4) is 0 Å². The van der Waals surface area contributed by atoms with E-state index in [1.54, 1.807) is 10.5 Å². The molecule has 1 N–H and O–H groups in total. The van der Waals surface area contributed by atoms with Gasteiger partial charge in [-0.1, -0.05) is 25.0 Å². The Morgan fingerprint density at radius 2 is 2.25 bits per heavy atom. The van der Waals surface area contributed by atoms with E-state index in [1.165, 1.54) is 37.9 Å². The summed E-state index contributed by atoms with van der Waals surface area (Å²) in [7, 11) is 2.09. The van der Waals surface area contributed by atoms with Crippen LogP contribution in [0.1, 0.15) is 39.0 Å². The lowest BCUT2D eigenvalue weighted by molar-refractivity contribution is 0.408. The minimum absolute atomic E-state index is 0.613. The summed E-state index contributed by atoms with van der Waals surface area (Å²) in [6, 6.07) is 0.613. The van der Waals surface area contributed by atoms with Crippen LogP contribution in [0.15, 0.2) is 22.6 Å². The van der Waals surface area contributed by atoms with Gasteiger partial charge in [0.25, 0.3) is 0 Å². The van der Waals surface area contributed by atoms with Crippen molar-refractivity contribution in [1.29, 1.82) is 0 Å². The molecule has 2 heteroatoms. The molecule has 2 atom stereocenters. The number of thioether (sulfide) groups is 1. The largest absolute Gasteiger partial charge is 0.317 e. The van der Waals surface area contributed by atoms with Crippen molar-refractivity contribution in [2.45, 2.75) is 45.1 Å². The molecule has 2 rings (SSSR count). The van der Waals surface area contributed by atoms with Crippen LogP contribution in [0.4, 0.5) is 0 Å². The molecule has 1 aliphatic carbocycles. The predicted octanol–water partition coefficient (Wildman–Crippen LogP) is 3.73. The Hall–Kier alpha value is -0.210. The summed E-state index contributed by atoms with van der Waals surface area (Å²) in [5.41, 5.74) is 1.63. The second kappa shape index (κ2) is 5.92. The molecule has 1 aliphatic heterocycles. The third-order valence-electron chi connectivity index (χ3n) is 3.83. The minimum atomic E-state index is 0.613. The quantitative estimate of drug-likeness (QED) is 0.785. The monoisotopic (exact) mass is 237 g/mol. The molecule has 1 heterocycles. The zero-order valence-corrected chi connectivity index (χ0v) is 11.3. The van der Waals surface area contributed by atoms with Crippen LogP contribution < -0.4 is 5.32 Å². The Labute approximate surface area is 104 Å². The zero-order valence-electron chi connectivity index (χ0n) is 10.5. The van der Waals surface area contributed by atoms with E-state index in [2.05, 4.69) is 43.2 Å². The first-order chi connectivity index (χ1) is 7.83. The van der Waals surface area contributed by atoms with Gasteiger partial charge in [-0.15, -0.1) is 11.8 Å². The van der Waals surface area contributed by atoms with E-state index in [1.807, 2.05) is 0 Å². The Bertz CT molecular complexity index is 293. The van der Waals surface area contributed by atoms with Crippen molar-refractivity contribution < 1.29 is 0 Å². The summed E-state index contributed by atoms with van der Waals surface area (Å²) in [4.78, 5) is 1.68. The van der Waals surface area contributed by atoms with Crippen LogP contribution >= 0.6 is 11.8 Å². The normalized spacial score (nSPS) is 28.2. The van der Waals surface area contributed by atoms with Gasteiger partial charge in [-0.05, 0) is 43.7 Å². The molecule has 0 aromatic heterocycles. The molecule has 0 spiro atoms. The van der Waals surface area contributed by atoms with Crippen LogP contribution in [-0.2, 0) is 0 Å². The van der Waals surface area contributed by atoms with Crippen molar-refractivity contribution in [1.82, 2.24) is 5.32 Å². The lowest BCUT2D eigenvalue weighted by Gasteiger charge is -2.31. The van der Waals surface area contributed by atoms with E-state index in [0.29, 0.717) is 6.04 Å². The summed E-state index contributed by atoms with van der Waals surface area (Å²) in [6.45, 7) is 2.33. The first-order valence-electron chi connectivity index (χ1n) is 6.52. The first kappa shape index (κ1) is 12.3. The molecule has 0 saturated heterocycles. The molecule has 0 bridgehead atoms. The number of rotatable bonds is 2. The third-order valence-corrected chi connectivity index (χ3v) is 5.06. The number of hydrogen-bond acceptors (Lipinski definition) is 2. The summed E-state index contributed by atoms with van der Waals surface area (Å²) < 4.78 is 0. The van der Waals surface area contributed by atoms with Crippen LogP contribution in [0.5, 0.6) is 0 Å². The van der Waals surface area contributed by atoms with Gasteiger partial charge in [0, 0.05) is 17.7 Å². The molecular formula is C14H23NS. The van der Waals surface area contributed by atoms with Crippen molar-refractivity contribution in [3.63, 3.8) is 0 Å². The van der Waals surface area contributed by atoms with Crippen LogP contribution in [0.25, 0.3) is 0 Å². The van der Waals surface area contributed by atoms with E-state index in [0.717, 1.165) is 5.92 Å². The molecule has 1 nitrogen and oxygen atoms in total. The maximum atomic E-state index is 3.44. The molecule has 0 saturated carbocycles. The molecule has 0 radical (unpaired) electrons. The van der Waals surface area contributed by atoms with Crippen molar-refractivity contribution in [2.24, 2.45) is 5.92 Å². The van der Waals surface area contributed by atoms with Gasteiger partial charge in [0.05, 0.1) is 0 Å². The van der Waals surface area contributed by atoms with Crippen LogP contribution in [-0.4, -0.2) is 18.8 Å². The first-order valence-corrected chi connectivity index (χ1v) is 7.51. The number of nitrogens with one attached hydrogen (secondary N) is 1. The minimum Gasteiger partial charge on any atom is -0.317 e. The van der Waals surface area contributed by atoms with Gasteiger partial charge in [0.15, 0.2) is 0 Å². The number of allylic oxidation sites excluding steroid dienone is 2. The Balaban J connectivity index is 2.24. The van der Waals surface area contributed by atoms with Crippen molar-refractivity contribution in [2.75, 3.05) is 12.8 Å². The fourth-order valence-corrected chi connectivity index (χ4v) is 3.98. The van der Waals surface area contributed by atoms with Gasteiger partial charge < -0.3 is 5.32 Å². The van der Waals surface area contributed by atoms with Crippen LogP contribution in [0.2, 0.25) is 0 Å². The van der Waals surface area contributed by atoms with Crippen molar-refractivity contribution in [3.05, 3.63) is 22.6 Å². The highest BCUT2D eigenvalue weighted by molar-refractivity contribution is 8.03. The Morgan fingerprint density at radius 3 is 3.06 bits per heavy atom. The molecule has 0 aromatic rings. The summed E-state index contributed by atoms with van der Waals surface area (Å²) in [5.74, 6) is 1.92. The fraction of sp³-hybridized carbons (Fsp3) is 0.714. The lowest BCUT2D eigenvalue weighted by atomic mass is 9.87. The molecule has 0 unspecified atom stereocenters. The summed E-state index contributed by atoms with van der Waals surface area (Å²) in [5, 5.41) is 3.44. The van der Waals surface area contributed by atoms with Gasteiger partial charge in [-0.25, -0.2) is 0 Å². The molecule has 0 aromatic carbocycles. The standard InChI is InChI=1S/C14H23NS/c1-11(15-2)13-9-5-3-4-7-12-8-6-10-16-14(12)13/h6,8,11,13,15H,3-5,7,9-10H2,1-2H3/t11-,13-/m1/s1. The van der Waals surface area contributed by atoms with Gasteiger partial charge in [0.2, 0.25) is 0 Å². The molecular weight excluding hydrogens is 214 g/mol. The summed E-state index contributed by atoms with van der Waals surface area (Å²) in [6.07, 6.45) is 11.6. The molecule has 2 aliphatic rings. The van der Waals surface area contributed by atoms with Crippen LogP contribution in [0.3, 0.4) is 0 Å². The highest BCUT2D eigenvalue weighted by atomic mass is 32.2. The second-order valence-electron chi connectivity index (χ2n) is 4.89. The maximum Gasteiger partial charge on any atom is 0.0161 e. The third kappa shape index (κ3) is 2.72. The van der Waals surface area contributed by atoms with E-state index in [4.69, 9.17) is 0 Å². The average molecular weight is 237 g/mol. The molecule has 0 fully saturated rings. The van der Waals surface area contributed by atoms with E-state index in [-0.39, 0.29) is 0 Å². The maximum absolute atomic E-state index is 3.44. The van der Waals surface area contributed by atoms with Gasteiger partial charge in [0.1, 0.15) is 0 Å². The second-order valence-corrected chi connectivity index (χ2v) is 5.95. The lowest BCUT2D eigenvalue weighted by Crippen LogP contribution is -2.32. The smallest absolute Gasteiger partial charge is 0.0161 e. The van der Waals surface area contributed by atoms with Gasteiger partial charge in [-0.2, -0.15) is 0 Å². The predicted molar refractivity (Wildman–Crippen MR) is 73.7 cm³/mol. The summed E-state index contributed by atoms with van der Waals surface area (Å²) >= 11 is 2.07. The fourth-order valence-electron chi connectivity index (χ4n) is 2.72. The number of hydrogen-bond donors (Lipinski definition) is 1. The highest BCUT2D eigenvalue weighted by Crippen LogP contribution is 2.39.